The Morgan fingerprint density at radius 1 is 1.29 bits per heavy atom. The fourth-order valence-electron chi connectivity index (χ4n) is 3.00. The molecule has 1 heterocycles. The maximum atomic E-state index is 10.2. The highest BCUT2D eigenvalue weighted by Crippen LogP contribution is 2.26. The Bertz CT molecular complexity index is 457. The van der Waals surface area contributed by atoms with Crippen LogP contribution in [-0.2, 0) is 6.54 Å². The molecular weight excluding hydrogens is 260 g/mol. The van der Waals surface area contributed by atoms with Gasteiger partial charge in [-0.1, -0.05) is 13.0 Å². The highest BCUT2D eigenvalue weighted by Gasteiger charge is 2.25. The zero-order chi connectivity index (χ0) is 15.3. The summed E-state index contributed by atoms with van der Waals surface area (Å²) in [5, 5.41) is 13.7. The lowest BCUT2D eigenvalue weighted by atomic mass is 9.98. The van der Waals surface area contributed by atoms with Gasteiger partial charge in [0, 0.05) is 25.3 Å². The normalized spacial score (nSPS) is 23.1. The molecule has 1 aromatic carbocycles. The predicted octanol–water partition coefficient (Wildman–Crippen LogP) is 3.24. The molecule has 2 rings (SSSR count). The molecule has 1 fully saturated rings. The first-order valence-corrected chi connectivity index (χ1v) is 8.29. The van der Waals surface area contributed by atoms with Gasteiger partial charge in [-0.3, -0.25) is 0 Å². The molecule has 0 saturated carbocycles. The number of hydrogen-bond donors (Lipinski definition) is 2. The lowest BCUT2D eigenvalue weighted by molar-refractivity contribution is 0.0481. The fraction of sp³-hybridized carbons (Fsp3) is 0.667. The van der Waals surface area contributed by atoms with E-state index in [4.69, 9.17) is 0 Å². The van der Waals surface area contributed by atoms with E-state index in [-0.39, 0.29) is 0 Å². The van der Waals surface area contributed by atoms with E-state index in [0.717, 1.165) is 45.4 Å². The van der Waals surface area contributed by atoms with Gasteiger partial charge in [-0.05, 0) is 69.3 Å². The largest absolute Gasteiger partial charge is 0.390 e. The van der Waals surface area contributed by atoms with E-state index in [2.05, 4.69) is 42.3 Å². The van der Waals surface area contributed by atoms with E-state index in [1.54, 1.807) is 0 Å². The smallest absolute Gasteiger partial charge is 0.0637 e. The lowest BCUT2D eigenvalue weighted by Crippen LogP contribution is -2.28. The molecule has 1 saturated heterocycles. The molecule has 1 aliphatic rings. The lowest BCUT2D eigenvalue weighted by Gasteiger charge is -2.25. The number of rotatable bonds is 5. The molecule has 0 radical (unpaired) electrons. The van der Waals surface area contributed by atoms with Crippen molar-refractivity contribution in [3.63, 3.8) is 0 Å². The van der Waals surface area contributed by atoms with Crippen molar-refractivity contribution in [1.29, 1.82) is 0 Å². The zero-order valence-corrected chi connectivity index (χ0v) is 13.8. The number of nitrogens with zero attached hydrogens (tertiary/aromatic N) is 1. The van der Waals surface area contributed by atoms with Gasteiger partial charge in [0.2, 0.25) is 0 Å². The quantitative estimate of drug-likeness (QED) is 0.817. The molecule has 3 heteroatoms. The third kappa shape index (κ3) is 4.72. The minimum atomic E-state index is -0.492. The van der Waals surface area contributed by atoms with Crippen molar-refractivity contribution in [2.75, 3.05) is 24.5 Å². The van der Waals surface area contributed by atoms with Crippen molar-refractivity contribution in [2.24, 2.45) is 0 Å². The van der Waals surface area contributed by atoms with Crippen LogP contribution in [0.2, 0.25) is 0 Å². The Kier molecular flexibility index (Phi) is 5.65. The summed E-state index contributed by atoms with van der Waals surface area (Å²) in [6.07, 6.45) is 3.99. The Labute approximate surface area is 129 Å². The van der Waals surface area contributed by atoms with Gasteiger partial charge in [-0.15, -0.1) is 0 Å². The van der Waals surface area contributed by atoms with Crippen molar-refractivity contribution in [3.8, 4) is 0 Å². The topological polar surface area (TPSA) is 35.5 Å². The first-order valence-electron chi connectivity index (χ1n) is 8.29. The van der Waals surface area contributed by atoms with Crippen molar-refractivity contribution >= 4 is 5.69 Å². The second kappa shape index (κ2) is 7.28. The molecular formula is C18H30N2O. The summed E-state index contributed by atoms with van der Waals surface area (Å²) in [5.74, 6) is 0. The van der Waals surface area contributed by atoms with Gasteiger partial charge in [-0.2, -0.15) is 0 Å². The van der Waals surface area contributed by atoms with Crippen LogP contribution < -0.4 is 10.2 Å². The number of aryl methyl sites for hydroxylation is 1. The molecule has 0 aliphatic carbocycles. The molecule has 1 aromatic rings. The highest BCUT2D eigenvalue weighted by atomic mass is 16.3. The monoisotopic (exact) mass is 290 g/mol. The van der Waals surface area contributed by atoms with Crippen LogP contribution in [-0.4, -0.2) is 30.3 Å². The summed E-state index contributed by atoms with van der Waals surface area (Å²) in [4.78, 5) is 2.41. The number of aliphatic hydroxyl groups is 1. The molecule has 3 nitrogen and oxygen atoms in total. The molecule has 1 unspecified atom stereocenters. The van der Waals surface area contributed by atoms with E-state index in [9.17, 15) is 5.11 Å². The van der Waals surface area contributed by atoms with Gasteiger partial charge >= 0.3 is 0 Å². The summed E-state index contributed by atoms with van der Waals surface area (Å²) >= 11 is 0. The maximum Gasteiger partial charge on any atom is 0.0637 e. The Morgan fingerprint density at radius 2 is 2.10 bits per heavy atom. The molecule has 21 heavy (non-hydrogen) atoms. The molecule has 1 atom stereocenters. The second-order valence-corrected chi connectivity index (χ2v) is 6.63. The van der Waals surface area contributed by atoms with Crippen LogP contribution in [0.25, 0.3) is 0 Å². The minimum absolute atomic E-state index is 0.492. The third-order valence-corrected chi connectivity index (χ3v) is 4.50. The summed E-state index contributed by atoms with van der Waals surface area (Å²) in [6.45, 7) is 10.4. The summed E-state index contributed by atoms with van der Waals surface area (Å²) in [7, 11) is 0. The van der Waals surface area contributed by atoms with Crippen molar-refractivity contribution in [3.05, 3.63) is 29.3 Å². The van der Waals surface area contributed by atoms with E-state index >= 15 is 0 Å². The number of hydrogen-bond acceptors (Lipinski definition) is 3. The van der Waals surface area contributed by atoms with Crippen LogP contribution in [0.5, 0.6) is 0 Å². The summed E-state index contributed by atoms with van der Waals surface area (Å²) < 4.78 is 0. The third-order valence-electron chi connectivity index (χ3n) is 4.50. The van der Waals surface area contributed by atoms with Gasteiger partial charge < -0.3 is 15.3 Å². The van der Waals surface area contributed by atoms with E-state index < -0.39 is 5.60 Å². The second-order valence-electron chi connectivity index (χ2n) is 6.63. The Morgan fingerprint density at radius 3 is 2.81 bits per heavy atom. The Hall–Kier alpha value is -1.06. The molecule has 0 spiro atoms. The predicted molar refractivity (Wildman–Crippen MR) is 89.9 cm³/mol. The molecule has 0 bridgehead atoms. The van der Waals surface area contributed by atoms with Crippen LogP contribution >= 0.6 is 0 Å². The van der Waals surface area contributed by atoms with Crippen LogP contribution in [0.3, 0.4) is 0 Å². The number of nitrogens with one attached hydrogen (secondary N) is 1. The van der Waals surface area contributed by atoms with E-state index in [0.29, 0.717) is 0 Å². The van der Waals surface area contributed by atoms with Crippen LogP contribution in [0.15, 0.2) is 18.2 Å². The van der Waals surface area contributed by atoms with Gasteiger partial charge in [-0.25, -0.2) is 0 Å². The Balaban J connectivity index is 2.02. The van der Waals surface area contributed by atoms with Gasteiger partial charge in [0.25, 0.3) is 0 Å². The highest BCUT2D eigenvalue weighted by molar-refractivity contribution is 5.51. The average molecular weight is 290 g/mol. The molecule has 2 N–H and O–H groups in total. The standard InChI is InChI=1S/C18H30N2O/c1-4-10-19-14-16-6-7-17(13-15(16)2)20-11-5-8-18(3,21)9-12-20/h6-7,13,19,21H,4-5,8-12,14H2,1-3H3. The van der Waals surface area contributed by atoms with Crippen LogP contribution in [0.1, 0.15) is 50.7 Å². The average Bonchev–Trinajstić information content (AvgIpc) is 2.62. The van der Waals surface area contributed by atoms with Crippen molar-refractivity contribution < 1.29 is 5.11 Å². The SMILES string of the molecule is CCCNCc1ccc(N2CCCC(C)(O)CC2)cc1C. The van der Waals surface area contributed by atoms with E-state index in [1.807, 2.05) is 6.92 Å². The maximum absolute atomic E-state index is 10.2. The van der Waals surface area contributed by atoms with Crippen LogP contribution in [0.4, 0.5) is 5.69 Å². The van der Waals surface area contributed by atoms with Crippen molar-refractivity contribution in [2.45, 2.75) is 58.6 Å². The zero-order valence-electron chi connectivity index (χ0n) is 13.8. The molecule has 1 aliphatic heterocycles. The molecule has 0 aromatic heterocycles. The van der Waals surface area contributed by atoms with Gasteiger partial charge in [0.1, 0.15) is 0 Å². The molecule has 0 amide bonds. The summed E-state index contributed by atoms with van der Waals surface area (Å²) in [6, 6.07) is 6.77. The summed E-state index contributed by atoms with van der Waals surface area (Å²) in [5.41, 5.74) is 3.54. The van der Waals surface area contributed by atoms with Crippen LogP contribution in [0, 0.1) is 6.92 Å². The van der Waals surface area contributed by atoms with Gasteiger partial charge in [0.05, 0.1) is 5.60 Å². The van der Waals surface area contributed by atoms with E-state index in [1.165, 1.54) is 23.2 Å². The minimum Gasteiger partial charge on any atom is -0.390 e. The number of anilines is 1. The van der Waals surface area contributed by atoms with Crippen molar-refractivity contribution in [1.82, 2.24) is 5.32 Å². The number of benzene rings is 1. The first kappa shape index (κ1) is 16.3. The van der Waals surface area contributed by atoms with Gasteiger partial charge in [0.15, 0.2) is 0 Å². The molecule has 118 valence electrons. The fourth-order valence-corrected chi connectivity index (χ4v) is 3.00. The first-order chi connectivity index (χ1) is 10.0.